The Kier molecular flexibility index (Phi) is 5.49. The number of nitrogens with one attached hydrogen (secondary N) is 1. The lowest BCUT2D eigenvalue weighted by Crippen LogP contribution is -2.37. The number of carboxylic acid groups (broad SMARTS) is 1. The zero-order valence-electron chi connectivity index (χ0n) is 19.1. The third kappa shape index (κ3) is 4.65. The first-order chi connectivity index (χ1) is 17.1. The number of hydrogen-bond donors (Lipinski definition) is 2. The van der Waals surface area contributed by atoms with Gasteiger partial charge in [0.05, 0.1) is 42.5 Å². The molecule has 2 aliphatic rings. The number of ether oxygens (including phenoxy) is 1. The van der Waals surface area contributed by atoms with Crippen molar-refractivity contribution in [3.8, 4) is 11.3 Å². The fourth-order valence-corrected chi connectivity index (χ4v) is 4.23. The zero-order valence-corrected chi connectivity index (χ0v) is 19.1. The van der Waals surface area contributed by atoms with E-state index in [2.05, 4.69) is 43.2 Å². The van der Waals surface area contributed by atoms with Crippen LogP contribution in [0, 0.1) is 5.92 Å². The molecule has 35 heavy (non-hydrogen) atoms. The Labute approximate surface area is 201 Å². The number of hydrogen-bond acceptors (Lipinski definition) is 8. The molecule has 3 aromatic heterocycles. The predicted octanol–water partition coefficient (Wildman–Crippen LogP) is 3.58. The summed E-state index contributed by atoms with van der Waals surface area (Å²) in [6, 6.07) is 11.3. The molecule has 0 amide bonds. The Morgan fingerprint density at radius 2 is 1.94 bits per heavy atom. The van der Waals surface area contributed by atoms with Crippen LogP contribution in [0.5, 0.6) is 0 Å². The van der Waals surface area contributed by atoms with Gasteiger partial charge in [0.15, 0.2) is 0 Å². The van der Waals surface area contributed by atoms with E-state index in [4.69, 9.17) is 19.8 Å². The highest BCUT2D eigenvalue weighted by atomic mass is 16.5. The summed E-state index contributed by atoms with van der Waals surface area (Å²) in [5, 5.41) is 18.0. The molecule has 0 spiro atoms. The van der Waals surface area contributed by atoms with Gasteiger partial charge in [-0.25, -0.2) is 14.8 Å². The van der Waals surface area contributed by atoms with Crippen molar-refractivity contribution in [2.75, 3.05) is 36.5 Å². The molecule has 10 heteroatoms. The molecule has 0 atom stereocenters. The minimum absolute atomic E-state index is 0.0107. The smallest absolute Gasteiger partial charge is 0.354 e. The van der Waals surface area contributed by atoms with Crippen LogP contribution >= 0.6 is 0 Å². The van der Waals surface area contributed by atoms with Crippen LogP contribution in [0.25, 0.3) is 22.2 Å². The van der Waals surface area contributed by atoms with Crippen molar-refractivity contribution in [1.29, 1.82) is 0 Å². The number of pyridine rings is 1. The first kappa shape index (κ1) is 21.5. The Morgan fingerprint density at radius 3 is 2.69 bits per heavy atom. The molecule has 4 aromatic rings. The fraction of sp³-hybridized carbons (Fsp3) is 0.320. The summed E-state index contributed by atoms with van der Waals surface area (Å²) in [5.74, 6) is 0.911. The minimum Gasteiger partial charge on any atom is -0.477 e. The number of benzene rings is 1. The Balaban J connectivity index is 1.35. The highest BCUT2D eigenvalue weighted by molar-refractivity contribution is 5.86. The van der Waals surface area contributed by atoms with E-state index in [1.807, 2.05) is 12.3 Å². The molecular formula is C25H25N7O3. The molecule has 0 radical (unpaired) electrons. The van der Waals surface area contributed by atoms with Crippen LogP contribution in [0.2, 0.25) is 0 Å². The van der Waals surface area contributed by atoms with E-state index in [1.165, 1.54) is 25.1 Å². The predicted molar refractivity (Wildman–Crippen MR) is 131 cm³/mol. The maximum Gasteiger partial charge on any atom is 0.354 e. The van der Waals surface area contributed by atoms with E-state index >= 15 is 0 Å². The second kappa shape index (κ2) is 8.95. The molecule has 4 heterocycles. The van der Waals surface area contributed by atoms with Crippen LogP contribution in [0.3, 0.4) is 0 Å². The summed E-state index contributed by atoms with van der Waals surface area (Å²) >= 11 is 0. The maximum absolute atomic E-state index is 11.1. The molecule has 1 aliphatic carbocycles. The van der Waals surface area contributed by atoms with Crippen LogP contribution in [0.4, 0.5) is 17.5 Å². The number of carboxylic acids is 1. The van der Waals surface area contributed by atoms with Gasteiger partial charge < -0.3 is 20.1 Å². The SMILES string of the molecule is O=C(O)c1ccc(Nc2cc(-c3ccc4c(cnn4CC4CC4)c3)nc(N3CCOCC3)n2)cn1. The molecule has 178 valence electrons. The average molecular weight is 472 g/mol. The third-order valence-electron chi connectivity index (χ3n) is 6.33. The number of nitrogens with zero attached hydrogens (tertiary/aromatic N) is 6. The highest BCUT2D eigenvalue weighted by Gasteiger charge is 2.23. The van der Waals surface area contributed by atoms with E-state index < -0.39 is 5.97 Å². The number of aromatic nitrogens is 5. The van der Waals surface area contributed by atoms with Gasteiger partial charge in [-0.3, -0.25) is 4.68 Å². The zero-order chi connectivity index (χ0) is 23.8. The average Bonchev–Trinajstić information content (AvgIpc) is 3.62. The van der Waals surface area contributed by atoms with Crippen molar-refractivity contribution in [2.24, 2.45) is 5.92 Å². The van der Waals surface area contributed by atoms with E-state index in [9.17, 15) is 4.79 Å². The largest absolute Gasteiger partial charge is 0.477 e. The Bertz CT molecular complexity index is 1380. The first-order valence-corrected chi connectivity index (χ1v) is 11.8. The van der Waals surface area contributed by atoms with Crippen molar-refractivity contribution in [3.05, 3.63) is 54.5 Å². The molecular weight excluding hydrogens is 446 g/mol. The van der Waals surface area contributed by atoms with Crippen molar-refractivity contribution < 1.29 is 14.6 Å². The van der Waals surface area contributed by atoms with Crippen molar-refractivity contribution >= 4 is 34.3 Å². The van der Waals surface area contributed by atoms with Crippen LogP contribution < -0.4 is 10.2 Å². The molecule has 2 fully saturated rings. The van der Waals surface area contributed by atoms with Crippen molar-refractivity contribution in [2.45, 2.75) is 19.4 Å². The van der Waals surface area contributed by atoms with Gasteiger partial charge in [0.25, 0.3) is 0 Å². The van der Waals surface area contributed by atoms with Crippen molar-refractivity contribution in [1.82, 2.24) is 24.7 Å². The summed E-state index contributed by atoms with van der Waals surface area (Å²) < 4.78 is 7.59. The third-order valence-corrected chi connectivity index (χ3v) is 6.33. The molecule has 1 aliphatic heterocycles. The molecule has 6 rings (SSSR count). The number of morpholine rings is 1. The lowest BCUT2D eigenvalue weighted by Gasteiger charge is -2.27. The monoisotopic (exact) mass is 471 g/mol. The minimum atomic E-state index is -1.06. The molecule has 2 N–H and O–H groups in total. The molecule has 0 unspecified atom stereocenters. The van der Waals surface area contributed by atoms with E-state index in [1.54, 1.807) is 6.07 Å². The quantitative estimate of drug-likeness (QED) is 0.417. The summed E-state index contributed by atoms with van der Waals surface area (Å²) in [6.45, 7) is 3.65. The number of rotatable bonds is 7. The lowest BCUT2D eigenvalue weighted by atomic mass is 10.1. The van der Waals surface area contributed by atoms with Gasteiger partial charge in [-0.1, -0.05) is 6.07 Å². The summed E-state index contributed by atoms with van der Waals surface area (Å²) in [7, 11) is 0. The molecule has 1 saturated heterocycles. The van der Waals surface area contributed by atoms with Gasteiger partial charge >= 0.3 is 5.97 Å². The molecule has 1 saturated carbocycles. The van der Waals surface area contributed by atoms with Crippen molar-refractivity contribution in [3.63, 3.8) is 0 Å². The molecule has 1 aromatic carbocycles. The summed E-state index contributed by atoms with van der Waals surface area (Å²) in [4.78, 5) is 26.8. The number of anilines is 3. The molecule has 0 bridgehead atoms. The van der Waals surface area contributed by atoms with E-state index in [0.717, 1.165) is 34.6 Å². The summed E-state index contributed by atoms with van der Waals surface area (Å²) in [6.07, 6.45) is 5.98. The van der Waals surface area contributed by atoms with Crippen LogP contribution in [0.15, 0.2) is 48.8 Å². The lowest BCUT2D eigenvalue weighted by molar-refractivity contribution is 0.0690. The van der Waals surface area contributed by atoms with E-state index in [-0.39, 0.29) is 5.69 Å². The van der Waals surface area contributed by atoms with Crippen LogP contribution in [0.1, 0.15) is 23.3 Å². The Hall–Kier alpha value is -4.05. The van der Waals surface area contributed by atoms with Crippen LogP contribution in [-0.2, 0) is 11.3 Å². The van der Waals surface area contributed by atoms with Gasteiger partial charge in [0, 0.05) is 36.7 Å². The highest BCUT2D eigenvalue weighted by Crippen LogP contribution is 2.32. The Morgan fingerprint density at radius 1 is 1.09 bits per heavy atom. The van der Waals surface area contributed by atoms with Gasteiger partial charge in [0.2, 0.25) is 5.95 Å². The van der Waals surface area contributed by atoms with E-state index in [0.29, 0.717) is 43.8 Å². The van der Waals surface area contributed by atoms with Crippen LogP contribution in [-0.4, -0.2) is 62.1 Å². The first-order valence-electron chi connectivity index (χ1n) is 11.8. The number of fused-ring (bicyclic) bond motifs is 1. The van der Waals surface area contributed by atoms with Gasteiger partial charge in [-0.15, -0.1) is 0 Å². The van der Waals surface area contributed by atoms with Gasteiger partial charge in [-0.2, -0.15) is 10.1 Å². The standard InChI is InChI=1S/C25H25N7O3/c33-24(34)20-5-4-19(14-26-20)28-23-12-21(29-25(30-23)31-7-9-35-10-8-31)17-3-6-22-18(11-17)13-27-32(22)15-16-1-2-16/h3-6,11-14,16H,1-2,7-10,15H2,(H,33,34)(H,28,29,30). The normalized spacial score (nSPS) is 15.9. The number of aromatic carboxylic acids is 1. The summed E-state index contributed by atoms with van der Waals surface area (Å²) in [5.41, 5.74) is 3.53. The molecule has 10 nitrogen and oxygen atoms in total. The second-order valence-corrected chi connectivity index (χ2v) is 8.94. The number of carbonyl (C=O) groups is 1. The fourth-order valence-electron chi connectivity index (χ4n) is 4.23. The van der Waals surface area contributed by atoms with Gasteiger partial charge in [0.1, 0.15) is 11.5 Å². The second-order valence-electron chi connectivity index (χ2n) is 8.94. The topological polar surface area (TPSA) is 118 Å². The maximum atomic E-state index is 11.1. The van der Waals surface area contributed by atoms with Gasteiger partial charge in [-0.05, 0) is 43.0 Å².